The predicted octanol–water partition coefficient (Wildman–Crippen LogP) is -0.835. The maximum atomic E-state index is 12.4. The first-order chi connectivity index (χ1) is 18.4. The first-order valence-corrected chi connectivity index (χ1v) is 15.5. The number of nitrogens with zero attached hydrogens (tertiary/aromatic N) is 2. The maximum Gasteiger partial charge on any atom is 0.190 e. The molecular weight excluding hydrogens is 532 g/mol. The number of nitrogens with one attached hydrogen (secondary N) is 2. The van der Waals surface area contributed by atoms with E-state index >= 15 is 0 Å². The van der Waals surface area contributed by atoms with E-state index in [9.17, 15) is 14.4 Å². The van der Waals surface area contributed by atoms with Gasteiger partial charge in [-0.25, -0.2) is 0 Å². The number of unbranched alkanes of at least 4 members (excludes halogenated alkanes) is 2. The van der Waals surface area contributed by atoms with Crippen LogP contribution in [0.1, 0.15) is 38.5 Å². The number of thioether (sulfide) groups is 2. The molecule has 0 aromatic carbocycles. The van der Waals surface area contributed by atoms with Crippen LogP contribution in [-0.4, -0.2) is 150 Å². The van der Waals surface area contributed by atoms with Gasteiger partial charge in [0.15, 0.2) is 10.2 Å². The van der Waals surface area contributed by atoms with Crippen LogP contribution in [0.3, 0.4) is 0 Å². The molecule has 0 saturated heterocycles. The average molecular weight is 583 g/mol. The molecule has 0 aliphatic rings. The molecule has 2 unspecified atom stereocenters. The number of aldehydes is 1. The highest BCUT2D eigenvalue weighted by atomic mass is 32.2. The monoisotopic (exact) mass is 582 g/mol. The molecule has 6 N–H and O–H groups in total. The number of carbonyl (C=O) groups is 3. The Hall–Kier alpha value is -0.610. The van der Waals surface area contributed by atoms with Crippen molar-refractivity contribution >= 4 is 40.0 Å². The van der Waals surface area contributed by atoms with E-state index in [0.29, 0.717) is 50.7 Å². The van der Waals surface area contributed by atoms with Gasteiger partial charge in [-0.3, -0.25) is 19.4 Å². The molecule has 0 amide bonds. The third-order valence-electron chi connectivity index (χ3n) is 5.93. The Morgan fingerprint density at radius 3 is 1.58 bits per heavy atom. The zero-order valence-electron chi connectivity index (χ0n) is 22.9. The highest BCUT2D eigenvalue weighted by molar-refractivity contribution is 8.13. The molecule has 2 atom stereocenters. The summed E-state index contributed by atoms with van der Waals surface area (Å²) in [5.74, 6) is 1.36. The third kappa shape index (κ3) is 21.2. The molecule has 224 valence electrons. The molecule has 0 radical (unpaired) electrons. The quantitative estimate of drug-likeness (QED) is 0.0526. The number of aliphatic hydroxyl groups excluding tert-OH is 4. The van der Waals surface area contributed by atoms with Gasteiger partial charge in [-0.15, -0.1) is 0 Å². The largest absolute Gasteiger partial charge is 0.395 e. The molecule has 38 heavy (non-hydrogen) atoms. The van der Waals surface area contributed by atoms with Crippen molar-refractivity contribution in [3.8, 4) is 0 Å². The number of hydrogen-bond donors (Lipinski definition) is 6. The summed E-state index contributed by atoms with van der Waals surface area (Å²) < 4.78 is 0. The van der Waals surface area contributed by atoms with Gasteiger partial charge < -0.3 is 35.9 Å². The van der Waals surface area contributed by atoms with Crippen molar-refractivity contribution in [2.75, 3.05) is 90.8 Å². The standard InChI is InChI=1S/C25H50N4O7S2/c1-26-22(18-24(35)37-16-4-2-6-28(8-12-30)9-13-31)20-27-23(21-34)19-25(36)38-17-5-3-7-29(10-14-32)11-15-33/h21-23,26-27,30-33H,2-20H2,1H3. The highest BCUT2D eigenvalue weighted by Gasteiger charge is 2.17. The Bertz CT molecular complexity index is 596. The summed E-state index contributed by atoms with van der Waals surface area (Å²) in [5.41, 5.74) is 0. The molecule has 0 bridgehead atoms. The molecule has 11 nitrogen and oxygen atoms in total. The molecule has 0 saturated carbocycles. The Labute approximate surface area is 236 Å². The van der Waals surface area contributed by atoms with Crippen LogP contribution in [0.25, 0.3) is 0 Å². The van der Waals surface area contributed by atoms with E-state index in [1.807, 2.05) is 9.80 Å². The molecule has 0 rings (SSSR count). The minimum Gasteiger partial charge on any atom is -0.395 e. The number of rotatable bonds is 27. The van der Waals surface area contributed by atoms with Crippen LogP contribution in [0, 0.1) is 0 Å². The molecule has 0 aliphatic heterocycles. The van der Waals surface area contributed by atoms with E-state index in [1.54, 1.807) is 7.05 Å². The van der Waals surface area contributed by atoms with Crippen molar-refractivity contribution < 1.29 is 34.8 Å². The molecule has 0 aromatic rings. The minimum absolute atomic E-state index is 0.0488. The van der Waals surface area contributed by atoms with Crippen molar-refractivity contribution in [2.24, 2.45) is 0 Å². The summed E-state index contributed by atoms with van der Waals surface area (Å²) in [7, 11) is 1.76. The molecule has 13 heteroatoms. The fourth-order valence-electron chi connectivity index (χ4n) is 3.72. The molecular formula is C25H50N4O7S2. The van der Waals surface area contributed by atoms with Crippen LogP contribution in [0.2, 0.25) is 0 Å². The van der Waals surface area contributed by atoms with E-state index in [0.717, 1.165) is 45.1 Å². The van der Waals surface area contributed by atoms with Crippen LogP contribution >= 0.6 is 23.5 Å². The summed E-state index contributed by atoms with van der Waals surface area (Å²) in [6.07, 6.45) is 4.58. The molecule has 0 spiro atoms. The van der Waals surface area contributed by atoms with Crippen molar-refractivity contribution in [1.82, 2.24) is 20.4 Å². The second-order valence-electron chi connectivity index (χ2n) is 8.98. The highest BCUT2D eigenvalue weighted by Crippen LogP contribution is 2.13. The maximum absolute atomic E-state index is 12.4. The van der Waals surface area contributed by atoms with Crippen LogP contribution < -0.4 is 10.6 Å². The number of likely N-dealkylation sites (N-methyl/N-ethyl adjacent to an activating group) is 1. The van der Waals surface area contributed by atoms with Crippen molar-refractivity contribution in [2.45, 2.75) is 50.6 Å². The van der Waals surface area contributed by atoms with Crippen molar-refractivity contribution in [3.63, 3.8) is 0 Å². The predicted molar refractivity (Wildman–Crippen MR) is 155 cm³/mol. The van der Waals surface area contributed by atoms with Gasteiger partial charge in [0.05, 0.1) is 32.5 Å². The minimum atomic E-state index is -0.598. The second-order valence-corrected chi connectivity index (χ2v) is 11.3. The fourth-order valence-corrected chi connectivity index (χ4v) is 5.49. The third-order valence-corrected chi connectivity index (χ3v) is 7.89. The van der Waals surface area contributed by atoms with Gasteiger partial charge in [0.25, 0.3) is 0 Å². The van der Waals surface area contributed by atoms with Crippen LogP contribution in [0.15, 0.2) is 0 Å². The summed E-state index contributed by atoms with van der Waals surface area (Å²) in [5, 5.41) is 42.4. The Morgan fingerprint density at radius 1 is 0.737 bits per heavy atom. The first-order valence-electron chi connectivity index (χ1n) is 13.5. The second kappa shape index (κ2) is 26.6. The average Bonchev–Trinajstić information content (AvgIpc) is 2.90. The van der Waals surface area contributed by atoms with Gasteiger partial charge in [0.2, 0.25) is 0 Å². The van der Waals surface area contributed by atoms with E-state index in [2.05, 4.69) is 10.6 Å². The number of carbonyl (C=O) groups excluding carboxylic acids is 3. The van der Waals surface area contributed by atoms with Gasteiger partial charge in [-0.05, 0) is 45.8 Å². The summed E-state index contributed by atoms with van der Waals surface area (Å²) >= 11 is 2.50. The fraction of sp³-hybridized carbons (Fsp3) is 0.880. The lowest BCUT2D eigenvalue weighted by molar-refractivity contribution is -0.115. The first kappa shape index (κ1) is 37.4. The summed E-state index contributed by atoms with van der Waals surface area (Å²) in [6.45, 7) is 4.25. The Kier molecular flexibility index (Phi) is 26.2. The van der Waals surface area contributed by atoms with E-state index in [1.165, 1.54) is 23.5 Å². The van der Waals surface area contributed by atoms with Crippen molar-refractivity contribution in [3.05, 3.63) is 0 Å². The Morgan fingerprint density at radius 2 is 1.18 bits per heavy atom. The lowest BCUT2D eigenvalue weighted by Crippen LogP contribution is -2.43. The molecule has 0 aliphatic carbocycles. The molecule has 0 fully saturated rings. The van der Waals surface area contributed by atoms with Crippen LogP contribution in [0.4, 0.5) is 0 Å². The van der Waals surface area contributed by atoms with Crippen molar-refractivity contribution in [1.29, 1.82) is 0 Å². The zero-order chi connectivity index (χ0) is 28.4. The summed E-state index contributed by atoms with van der Waals surface area (Å²) in [6, 6.07) is -0.746. The lowest BCUT2D eigenvalue weighted by atomic mass is 10.2. The summed E-state index contributed by atoms with van der Waals surface area (Å²) in [4.78, 5) is 40.1. The van der Waals surface area contributed by atoms with Crippen LogP contribution in [-0.2, 0) is 14.4 Å². The van der Waals surface area contributed by atoms with Gasteiger partial charge in [-0.1, -0.05) is 23.5 Å². The lowest BCUT2D eigenvalue weighted by Gasteiger charge is -2.20. The van der Waals surface area contributed by atoms with E-state index < -0.39 is 6.04 Å². The number of hydrogen-bond acceptors (Lipinski definition) is 13. The Balaban J connectivity index is 4.13. The smallest absolute Gasteiger partial charge is 0.190 e. The van der Waals surface area contributed by atoms with Gasteiger partial charge in [0, 0.05) is 63.1 Å². The normalized spacial score (nSPS) is 13.2. The van der Waals surface area contributed by atoms with Gasteiger partial charge in [-0.2, -0.15) is 0 Å². The zero-order valence-corrected chi connectivity index (χ0v) is 24.5. The van der Waals surface area contributed by atoms with E-state index in [4.69, 9.17) is 20.4 Å². The van der Waals surface area contributed by atoms with Gasteiger partial charge >= 0.3 is 0 Å². The number of aliphatic hydroxyl groups is 4. The van der Waals surface area contributed by atoms with E-state index in [-0.39, 0.29) is 49.1 Å². The SMILES string of the molecule is CNC(CNC(C=O)CC(=O)SCCCCN(CCO)CCO)CC(=O)SCCCCN(CCO)CCO. The van der Waals surface area contributed by atoms with Crippen LogP contribution in [0.5, 0.6) is 0 Å². The molecule has 0 heterocycles. The van der Waals surface area contributed by atoms with Gasteiger partial charge in [0.1, 0.15) is 6.29 Å². The molecule has 0 aromatic heterocycles. The topological polar surface area (TPSA) is 163 Å².